The molecule has 4 nitrogen and oxygen atoms in total. The Morgan fingerprint density at radius 2 is 2.00 bits per heavy atom. The van der Waals surface area contributed by atoms with E-state index in [2.05, 4.69) is 36.9 Å². The number of aryl methyl sites for hydroxylation is 2. The first-order valence-corrected chi connectivity index (χ1v) is 12.0. The summed E-state index contributed by atoms with van der Waals surface area (Å²) in [5.74, 6) is 1.04. The first-order chi connectivity index (χ1) is 12.8. The Hall–Kier alpha value is -1.50. The van der Waals surface area contributed by atoms with Crippen LogP contribution in [0.1, 0.15) is 16.7 Å². The van der Waals surface area contributed by atoms with E-state index in [4.69, 9.17) is 16.6 Å². The quantitative estimate of drug-likeness (QED) is 0.745. The summed E-state index contributed by atoms with van der Waals surface area (Å²) < 4.78 is 24.4. The van der Waals surface area contributed by atoms with Gasteiger partial charge in [-0.1, -0.05) is 47.6 Å². The van der Waals surface area contributed by atoms with E-state index in [-0.39, 0.29) is 23.6 Å². The number of anilines is 1. The number of amidine groups is 1. The molecule has 7 heteroatoms. The third-order valence-corrected chi connectivity index (χ3v) is 7.96. The van der Waals surface area contributed by atoms with E-state index in [1.165, 1.54) is 0 Å². The van der Waals surface area contributed by atoms with E-state index in [0.29, 0.717) is 0 Å². The zero-order valence-electron chi connectivity index (χ0n) is 15.2. The molecule has 142 valence electrons. The molecule has 0 aromatic heterocycles. The van der Waals surface area contributed by atoms with Crippen molar-refractivity contribution < 1.29 is 8.42 Å². The largest absolute Gasteiger partial charge is 0.315 e. The van der Waals surface area contributed by atoms with E-state index >= 15 is 0 Å². The second-order valence-corrected chi connectivity index (χ2v) is 10.7. The predicted octanol–water partition coefficient (Wildman–Crippen LogP) is 4.23. The van der Waals surface area contributed by atoms with Crippen molar-refractivity contribution in [3.05, 3.63) is 64.2 Å². The van der Waals surface area contributed by atoms with Gasteiger partial charge in [0, 0.05) is 16.5 Å². The van der Waals surface area contributed by atoms with Gasteiger partial charge in [-0.05, 0) is 48.7 Å². The number of sulfone groups is 1. The maximum absolute atomic E-state index is 12.2. The molecule has 1 fully saturated rings. The Bertz CT molecular complexity index is 1020. The lowest BCUT2D eigenvalue weighted by Crippen LogP contribution is -2.39. The molecule has 2 aromatic rings. The molecule has 2 aliphatic rings. The van der Waals surface area contributed by atoms with Gasteiger partial charge in [0.05, 0.1) is 23.6 Å². The molecular weight excluding hydrogens is 400 g/mol. The van der Waals surface area contributed by atoms with E-state index in [1.807, 2.05) is 24.3 Å². The molecular formula is C20H21ClN2O2S2. The summed E-state index contributed by atoms with van der Waals surface area (Å²) in [6.45, 7) is 4.11. The molecule has 0 amide bonds. The van der Waals surface area contributed by atoms with Gasteiger partial charge >= 0.3 is 0 Å². The lowest BCUT2D eigenvalue weighted by molar-refractivity contribution is 0.601. The molecule has 0 saturated carbocycles. The Labute approximate surface area is 169 Å². The highest BCUT2D eigenvalue weighted by molar-refractivity contribution is 8.13. The highest BCUT2D eigenvalue weighted by Gasteiger charge is 2.47. The molecule has 0 unspecified atom stereocenters. The molecule has 0 spiro atoms. The Morgan fingerprint density at radius 3 is 2.78 bits per heavy atom. The number of aliphatic imine (C=N–C) groups is 1. The average Bonchev–Trinajstić information content (AvgIpc) is 3.06. The monoisotopic (exact) mass is 420 g/mol. The van der Waals surface area contributed by atoms with Gasteiger partial charge in [-0.2, -0.15) is 0 Å². The fraction of sp³-hybridized carbons (Fsp3) is 0.350. The van der Waals surface area contributed by atoms with E-state index < -0.39 is 9.84 Å². The minimum Gasteiger partial charge on any atom is -0.315 e. The normalized spacial score (nSPS) is 23.4. The lowest BCUT2D eigenvalue weighted by Gasteiger charge is -2.28. The zero-order valence-corrected chi connectivity index (χ0v) is 17.6. The molecule has 2 aromatic carbocycles. The smallest absolute Gasteiger partial charge is 0.164 e. The fourth-order valence-corrected chi connectivity index (χ4v) is 6.78. The molecule has 0 bridgehead atoms. The van der Waals surface area contributed by atoms with Crippen molar-refractivity contribution in [3.63, 3.8) is 0 Å². The molecule has 0 N–H and O–H groups in total. The van der Waals surface area contributed by atoms with Gasteiger partial charge in [-0.15, -0.1) is 0 Å². The number of benzene rings is 2. The zero-order chi connectivity index (χ0) is 19.2. The van der Waals surface area contributed by atoms with Crippen molar-refractivity contribution >= 4 is 44.1 Å². The maximum Gasteiger partial charge on any atom is 0.164 e. The predicted molar refractivity (Wildman–Crippen MR) is 115 cm³/mol. The van der Waals surface area contributed by atoms with Crippen LogP contribution in [0.2, 0.25) is 5.02 Å². The first kappa shape index (κ1) is 18.8. The van der Waals surface area contributed by atoms with E-state index in [9.17, 15) is 8.42 Å². The van der Waals surface area contributed by atoms with E-state index in [1.54, 1.807) is 11.8 Å². The van der Waals surface area contributed by atoms with Gasteiger partial charge < -0.3 is 4.90 Å². The number of thioether (sulfide) groups is 1. The van der Waals surface area contributed by atoms with Crippen LogP contribution in [0.15, 0.2) is 47.5 Å². The number of rotatable bonds is 3. The van der Waals surface area contributed by atoms with Crippen LogP contribution in [-0.2, 0) is 15.6 Å². The summed E-state index contributed by atoms with van der Waals surface area (Å²) in [5, 5.41) is 1.62. The topological polar surface area (TPSA) is 49.7 Å². The van der Waals surface area contributed by atoms with Gasteiger partial charge in [0.2, 0.25) is 0 Å². The van der Waals surface area contributed by atoms with Crippen LogP contribution in [0.5, 0.6) is 0 Å². The highest BCUT2D eigenvalue weighted by Crippen LogP contribution is 2.37. The summed E-state index contributed by atoms with van der Waals surface area (Å²) in [4.78, 5) is 6.95. The van der Waals surface area contributed by atoms with Gasteiger partial charge in [-0.3, -0.25) is 4.99 Å². The molecule has 4 rings (SSSR count). The van der Waals surface area contributed by atoms with Gasteiger partial charge in [0.1, 0.15) is 0 Å². The van der Waals surface area contributed by atoms with Crippen molar-refractivity contribution in [2.45, 2.75) is 31.7 Å². The number of hydrogen-bond donors (Lipinski definition) is 0. The van der Waals surface area contributed by atoms with Crippen LogP contribution in [0, 0.1) is 13.8 Å². The summed E-state index contributed by atoms with van der Waals surface area (Å²) >= 11 is 7.74. The summed E-state index contributed by atoms with van der Waals surface area (Å²) in [5.41, 5.74) is 4.46. The van der Waals surface area contributed by atoms with Gasteiger partial charge in [-0.25, -0.2) is 8.42 Å². The molecule has 2 atom stereocenters. The lowest BCUT2D eigenvalue weighted by atomic mass is 10.1. The molecule has 27 heavy (non-hydrogen) atoms. The molecule has 2 heterocycles. The first-order valence-electron chi connectivity index (χ1n) is 8.84. The standard InChI is InChI=1S/C20H21ClN2O2S2/c1-13-6-7-14(2)18(8-13)23-19-12-27(24,25)11-17(19)22-20(23)26-10-15-4-3-5-16(21)9-15/h3-9,17,19H,10-12H2,1-2H3/t17-,19-/m0/s1. The van der Waals surface area contributed by atoms with E-state index in [0.717, 1.165) is 38.3 Å². The van der Waals surface area contributed by atoms with Crippen molar-refractivity contribution in [1.29, 1.82) is 0 Å². The van der Waals surface area contributed by atoms with Crippen molar-refractivity contribution in [1.82, 2.24) is 0 Å². The van der Waals surface area contributed by atoms with Crippen LogP contribution in [0.25, 0.3) is 0 Å². The van der Waals surface area contributed by atoms with Crippen molar-refractivity contribution in [3.8, 4) is 0 Å². The number of hydrogen-bond acceptors (Lipinski definition) is 5. The van der Waals surface area contributed by atoms with Crippen molar-refractivity contribution in [2.75, 3.05) is 16.4 Å². The Kier molecular flexibility index (Phi) is 4.99. The van der Waals surface area contributed by atoms with Crippen molar-refractivity contribution in [2.24, 2.45) is 4.99 Å². The van der Waals surface area contributed by atoms with Crippen LogP contribution in [0.4, 0.5) is 5.69 Å². The average molecular weight is 421 g/mol. The number of nitrogens with zero attached hydrogens (tertiary/aromatic N) is 2. The second kappa shape index (κ2) is 7.15. The highest BCUT2D eigenvalue weighted by atomic mass is 35.5. The Balaban J connectivity index is 1.66. The SMILES string of the molecule is Cc1ccc(C)c(N2C(SCc3cccc(Cl)c3)=N[C@H]3CS(=O)(=O)C[C@@H]32)c1. The minimum atomic E-state index is -3.04. The molecule has 0 radical (unpaired) electrons. The molecule has 0 aliphatic carbocycles. The second-order valence-electron chi connectivity index (χ2n) is 7.20. The van der Waals surface area contributed by atoms with Crippen LogP contribution >= 0.6 is 23.4 Å². The summed E-state index contributed by atoms with van der Waals surface area (Å²) in [6, 6.07) is 13.8. The van der Waals surface area contributed by atoms with Gasteiger partial charge in [0.15, 0.2) is 15.0 Å². The fourth-order valence-electron chi connectivity index (χ4n) is 3.67. The third kappa shape index (κ3) is 3.89. The number of halogens is 1. The minimum absolute atomic E-state index is 0.114. The van der Waals surface area contributed by atoms with Gasteiger partial charge in [0.25, 0.3) is 0 Å². The molecule has 2 aliphatic heterocycles. The maximum atomic E-state index is 12.2. The summed E-state index contributed by atoms with van der Waals surface area (Å²) in [6.07, 6.45) is 0. The van der Waals surface area contributed by atoms with Crippen LogP contribution < -0.4 is 4.90 Å². The third-order valence-electron chi connectivity index (χ3n) is 4.99. The summed E-state index contributed by atoms with van der Waals surface area (Å²) in [7, 11) is -3.04. The Morgan fingerprint density at radius 1 is 1.19 bits per heavy atom. The molecule has 1 saturated heterocycles. The van der Waals surface area contributed by atoms with Crippen LogP contribution in [-0.4, -0.2) is 37.2 Å². The number of fused-ring (bicyclic) bond motifs is 1. The van der Waals surface area contributed by atoms with Crippen LogP contribution in [0.3, 0.4) is 0 Å².